The molecule has 1 aliphatic rings. The predicted octanol–water partition coefficient (Wildman–Crippen LogP) is 3.60. The molecule has 4 rings (SSSR count). The van der Waals surface area contributed by atoms with Crippen LogP contribution in [0.2, 0.25) is 0 Å². The summed E-state index contributed by atoms with van der Waals surface area (Å²) in [5.74, 6) is 7.88. The molecular formula is C24H25N5O. The average molecular weight is 399 g/mol. The minimum Gasteiger partial charge on any atom is -0.481 e. The molecule has 6 heteroatoms. The van der Waals surface area contributed by atoms with E-state index < -0.39 is 0 Å². The van der Waals surface area contributed by atoms with E-state index in [0.717, 1.165) is 53.5 Å². The molecule has 1 aliphatic heterocycles. The molecular weight excluding hydrogens is 374 g/mol. The number of aromatic nitrogens is 3. The van der Waals surface area contributed by atoms with E-state index in [2.05, 4.69) is 56.8 Å². The molecule has 0 bridgehead atoms. The minimum absolute atomic E-state index is 0.322. The quantitative estimate of drug-likeness (QED) is 0.507. The van der Waals surface area contributed by atoms with Crippen molar-refractivity contribution in [3.8, 4) is 17.6 Å². The van der Waals surface area contributed by atoms with Crippen molar-refractivity contribution in [1.82, 2.24) is 19.9 Å². The number of rotatable bonds is 6. The third kappa shape index (κ3) is 4.15. The first kappa shape index (κ1) is 19.6. The van der Waals surface area contributed by atoms with Gasteiger partial charge in [-0.05, 0) is 36.6 Å². The van der Waals surface area contributed by atoms with Crippen LogP contribution in [0.25, 0.3) is 11.0 Å². The van der Waals surface area contributed by atoms with Crippen LogP contribution < -0.4 is 9.64 Å². The number of nitrogens with zero attached hydrogens (tertiary/aromatic N) is 4. The van der Waals surface area contributed by atoms with Gasteiger partial charge < -0.3 is 19.5 Å². The van der Waals surface area contributed by atoms with Crippen LogP contribution in [0.15, 0.2) is 67.7 Å². The Balaban J connectivity index is 1.48. The molecule has 3 aromatic rings. The number of ether oxygens (including phenoxy) is 1. The van der Waals surface area contributed by atoms with Crippen molar-refractivity contribution in [2.45, 2.75) is 12.5 Å². The number of hydrogen-bond acceptors (Lipinski definition) is 5. The summed E-state index contributed by atoms with van der Waals surface area (Å²) in [5.41, 5.74) is 2.55. The molecule has 30 heavy (non-hydrogen) atoms. The maximum atomic E-state index is 5.63. The summed E-state index contributed by atoms with van der Waals surface area (Å²) in [6, 6.07) is 12.0. The molecule has 0 amide bonds. The number of nitrogens with one attached hydrogen (secondary N) is 1. The highest BCUT2D eigenvalue weighted by molar-refractivity contribution is 5.89. The molecule has 1 N–H and O–H groups in total. The van der Waals surface area contributed by atoms with Crippen LogP contribution in [0.5, 0.6) is 5.75 Å². The van der Waals surface area contributed by atoms with Gasteiger partial charge in [-0.15, -0.1) is 0 Å². The number of likely N-dealkylation sites (tertiary alicyclic amines) is 1. The Bertz CT molecular complexity index is 1110. The Kier molecular flexibility index (Phi) is 5.71. The molecule has 0 saturated carbocycles. The first-order valence-corrected chi connectivity index (χ1v) is 9.95. The summed E-state index contributed by atoms with van der Waals surface area (Å²) in [5, 5.41) is 0.967. The lowest BCUT2D eigenvalue weighted by atomic mass is 10.2. The van der Waals surface area contributed by atoms with Crippen LogP contribution in [0, 0.1) is 11.8 Å². The number of benzene rings is 1. The van der Waals surface area contributed by atoms with Crippen molar-refractivity contribution in [2.24, 2.45) is 0 Å². The third-order valence-electron chi connectivity index (χ3n) is 5.37. The monoisotopic (exact) mass is 399 g/mol. The molecule has 1 fully saturated rings. The van der Waals surface area contributed by atoms with Crippen LogP contribution in [0.4, 0.5) is 5.82 Å². The van der Waals surface area contributed by atoms with E-state index in [4.69, 9.17) is 4.74 Å². The number of fused-ring (bicyclic) bond motifs is 1. The van der Waals surface area contributed by atoms with Gasteiger partial charge in [0.2, 0.25) is 0 Å². The normalized spacial score (nSPS) is 15.5. The van der Waals surface area contributed by atoms with Gasteiger partial charge in [0, 0.05) is 31.9 Å². The average Bonchev–Trinajstić information content (AvgIpc) is 3.43. The van der Waals surface area contributed by atoms with Crippen molar-refractivity contribution in [3.63, 3.8) is 0 Å². The number of H-pyrrole nitrogens is 1. The van der Waals surface area contributed by atoms with Gasteiger partial charge in [-0.2, -0.15) is 0 Å². The van der Waals surface area contributed by atoms with Crippen molar-refractivity contribution in [3.05, 3.63) is 73.4 Å². The van der Waals surface area contributed by atoms with Crippen LogP contribution in [0.1, 0.15) is 12.1 Å². The predicted molar refractivity (Wildman–Crippen MR) is 120 cm³/mol. The van der Waals surface area contributed by atoms with Crippen molar-refractivity contribution < 1.29 is 4.74 Å². The number of allylic oxidation sites excluding steroid dienone is 1. The molecule has 1 atom stereocenters. The van der Waals surface area contributed by atoms with Gasteiger partial charge in [-0.25, -0.2) is 9.97 Å². The number of anilines is 1. The second-order valence-electron chi connectivity index (χ2n) is 7.24. The van der Waals surface area contributed by atoms with Crippen LogP contribution in [0.3, 0.4) is 0 Å². The second kappa shape index (κ2) is 8.75. The Morgan fingerprint density at radius 2 is 2.20 bits per heavy atom. The third-order valence-corrected chi connectivity index (χ3v) is 5.37. The highest BCUT2D eigenvalue weighted by Crippen LogP contribution is 2.27. The van der Waals surface area contributed by atoms with Crippen molar-refractivity contribution >= 4 is 16.9 Å². The Labute approximate surface area is 176 Å². The fraction of sp³-hybridized carbons (Fsp3) is 0.250. The number of para-hydroxylation sites is 1. The molecule has 1 unspecified atom stereocenters. The van der Waals surface area contributed by atoms with E-state index in [1.807, 2.05) is 42.5 Å². The maximum Gasteiger partial charge on any atom is 0.149 e. The topological polar surface area (TPSA) is 57.3 Å². The molecule has 1 aromatic carbocycles. The first-order valence-electron chi connectivity index (χ1n) is 9.95. The van der Waals surface area contributed by atoms with Crippen molar-refractivity contribution in [1.29, 1.82) is 0 Å². The van der Waals surface area contributed by atoms with E-state index in [1.54, 1.807) is 6.33 Å². The molecule has 0 aliphatic carbocycles. The largest absolute Gasteiger partial charge is 0.481 e. The highest BCUT2D eigenvalue weighted by Gasteiger charge is 2.27. The lowest BCUT2D eigenvalue weighted by Gasteiger charge is -2.26. The standard InChI is InChI=1S/C24H25N5O/c1-4-18(2)29-13-12-20(16-29)28(3)24-22-15-19(27-23(22)25-17-26-24)9-8-14-30-21-10-6-5-7-11-21/h4-7,10-11,15,17,20H,1-2,12-14,16H2,3H3,(H,25,26,27). The van der Waals surface area contributed by atoms with Crippen molar-refractivity contribution in [2.75, 3.05) is 31.6 Å². The SMILES string of the molecule is C=CC(=C)N1CCC(N(C)c2ncnc3[nH]c(C#CCOc4ccccc4)cc23)C1. The zero-order chi connectivity index (χ0) is 20.9. The Morgan fingerprint density at radius 1 is 1.37 bits per heavy atom. The molecule has 2 aromatic heterocycles. The second-order valence-corrected chi connectivity index (χ2v) is 7.24. The zero-order valence-electron chi connectivity index (χ0n) is 17.1. The Hall–Kier alpha value is -3.72. The summed E-state index contributed by atoms with van der Waals surface area (Å²) in [6.45, 7) is 10.1. The van der Waals surface area contributed by atoms with Crippen LogP contribution in [-0.2, 0) is 0 Å². The van der Waals surface area contributed by atoms with E-state index in [9.17, 15) is 0 Å². The van der Waals surface area contributed by atoms with E-state index >= 15 is 0 Å². The van der Waals surface area contributed by atoms with Gasteiger partial charge >= 0.3 is 0 Å². The fourth-order valence-electron chi connectivity index (χ4n) is 3.66. The van der Waals surface area contributed by atoms with Gasteiger partial charge in [0.25, 0.3) is 0 Å². The first-order chi connectivity index (χ1) is 14.7. The van der Waals surface area contributed by atoms with E-state index in [1.165, 1.54) is 0 Å². The van der Waals surface area contributed by atoms with Gasteiger partial charge in [0.15, 0.2) is 0 Å². The van der Waals surface area contributed by atoms with Gasteiger partial charge in [-0.3, -0.25) is 0 Å². The number of likely N-dealkylation sites (N-methyl/N-ethyl adjacent to an activating group) is 1. The summed E-state index contributed by atoms with van der Waals surface area (Å²) in [7, 11) is 2.08. The zero-order valence-corrected chi connectivity index (χ0v) is 17.1. The van der Waals surface area contributed by atoms with E-state index in [0.29, 0.717) is 12.6 Å². The van der Waals surface area contributed by atoms with Gasteiger partial charge in [0.05, 0.1) is 11.1 Å². The fourth-order valence-corrected chi connectivity index (χ4v) is 3.66. The van der Waals surface area contributed by atoms with Gasteiger partial charge in [-0.1, -0.05) is 37.3 Å². The minimum atomic E-state index is 0.322. The summed E-state index contributed by atoms with van der Waals surface area (Å²) in [6.07, 6.45) is 4.45. The number of aromatic amines is 1. The Morgan fingerprint density at radius 3 is 3.00 bits per heavy atom. The maximum absolute atomic E-state index is 5.63. The highest BCUT2D eigenvalue weighted by atomic mass is 16.5. The molecule has 0 spiro atoms. The van der Waals surface area contributed by atoms with Crippen LogP contribution in [-0.4, -0.2) is 52.6 Å². The van der Waals surface area contributed by atoms with Gasteiger partial charge in [0.1, 0.15) is 30.1 Å². The summed E-state index contributed by atoms with van der Waals surface area (Å²) < 4.78 is 5.63. The lowest BCUT2D eigenvalue weighted by Crippen LogP contribution is -2.34. The smallest absolute Gasteiger partial charge is 0.149 e. The number of hydrogen-bond donors (Lipinski definition) is 1. The van der Waals surface area contributed by atoms with Crippen LogP contribution >= 0.6 is 0 Å². The lowest BCUT2D eigenvalue weighted by molar-refractivity contribution is 0.370. The molecule has 3 heterocycles. The summed E-state index contributed by atoms with van der Waals surface area (Å²) in [4.78, 5) is 16.7. The molecule has 6 nitrogen and oxygen atoms in total. The molecule has 152 valence electrons. The molecule has 1 saturated heterocycles. The molecule has 0 radical (unpaired) electrons. The van der Waals surface area contributed by atoms with E-state index in [-0.39, 0.29) is 0 Å². The summed E-state index contributed by atoms with van der Waals surface area (Å²) >= 11 is 0.